The monoisotopic (exact) mass is 605 g/mol. The number of Topliss-reactive ketones (excluding diaryl/α,β-unsaturated/α-hetero) is 1. The SMILES string of the molecule is COc1ccc(Oc2ccc(N)cc2)cc1[C@H](O)O[C@@H]1CC(C)[C@@H]2CCC3=CC(=O)C=C[C@]3(C)C2[C@@H](O)CC[C@H]1C(=O)CO. The molecule has 2 fully saturated rings. The van der Waals surface area contributed by atoms with Crippen LogP contribution in [0.25, 0.3) is 0 Å². The van der Waals surface area contributed by atoms with Gasteiger partial charge in [0.15, 0.2) is 17.9 Å². The first kappa shape index (κ1) is 31.9. The number of rotatable bonds is 8. The Labute approximate surface area is 258 Å². The van der Waals surface area contributed by atoms with Crippen molar-refractivity contribution in [2.75, 3.05) is 19.5 Å². The van der Waals surface area contributed by atoms with Crippen LogP contribution in [0.15, 0.2) is 66.3 Å². The molecule has 5 rings (SSSR count). The molecule has 2 aromatic carbocycles. The lowest BCUT2D eigenvalue weighted by Gasteiger charge is -2.51. The van der Waals surface area contributed by atoms with E-state index in [9.17, 15) is 24.9 Å². The van der Waals surface area contributed by atoms with Crippen LogP contribution in [0, 0.1) is 29.1 Å². The predicted octanol–water partition coefficient (Wildman–Crippen LogP) is 4.90. The van der Waals surface area contributed by atoms with Gasteiger partial charge in [0.2, 0.25) is 0 Å². The normalized spacial score (nSPS) is 31.0. The van der Waals surface area contributed by atoms with E-state index < -0.39 is 42.2 Å². The molecule has 0 heterocycles. The fraction of sp³-hybridized carbons (Fsp3) is 0.486. The van der Waals surface area contributed by atoms with Gasteiger partial charge in [-0.25, -0.2) is 0 Å². The lowest BCUT2D eigenvalue weighted by molar-refractivity contribution is -0.169. The molecule has 0 bridgehead atoms. The highest BCUT2D eigenvalue weighted by atomic mass is 16.6. The number of aliphatic hydroxyl groups excluding tert-OH is 3. The van der Waals surface area contributed by atoms with E-state index in [1.54, 1.807) is 54.6 Å². The van der Waals surface area contributed by atoms with E-state index in [1.807, 2.05) is 6.08 Å². The summed E-state index contributed by atoms with van der Waals surface area (Å²) in [7, 11) is 1.49. The van der Waals surface area contributed by atoms with Crippen molar-refractivity contribution in [3.8, 4) is 17.2 Å². The Morgan fingerprint density at radius 3 is 2.55 bits per heavy atom. The molecule has 0 aromatic heterocycles. The van der Waals surface area contributed by atoms with E-state index in [2.05, 4.69) is 13.8 Å². The van der Waals surface area contributed by atoms with Crippen LogP contribution in [0.4, 0.5) is 5.69 Å². The second kappa shape index (κ2) is 13.2. The summed E-state index contributed by atoms with van der Waals surface area (Å²) in [6.45, 7) is 3.52. The summed E-state index contributed by atoms with van der Waals surface area (Å²) in [4.78, 5) is 25.3. The topological polar surface area (TPSA) is 149 Å². The van der Waals surface area contributed by atoms with Gasteiger partial charge in [-0.2, -0.15) is 0 Å². The Morgan fingerprint density at radius 1 is 1.11 bits per heavy atom. The second-order valence-corrected chi connectivity index (χ2v) is 12.6. The average Bonchev–Trinajstić information content (AvgIpc) is 3.05. The molecular formula is C35H43NO8. The van der Waals surface area contributed by atoms with E-state index in [0.29, 0.717) is 41.3 Å². The van der Waals surface area contributed by atoms with E-state index in [1.165, 1.54) is 7.11 Å². The van der Waals surface area contributed by atoms with Crippen LogP contribution in [0.2, 0.25) is 0 Å². The van der Waals surface area contributed by atoms with Gasteiger partial charge in [-0.1, -0.05) is 25.5 Å². The summed E-state index contributed by atoms with van der Waals surface area (Å²) in [5.41, 5.74) is 7.29. The molecule has 0 spiro atoms. The zero-order valence-corrected chi connectivity index (χ0v) is 25.5. The highest BCUT2D eigenvalue weighted by Crippen LogP contribution is 2.55. The minimum atomic E-state index is -1.46. The van der Waals surface area contributed by atoms with Crippen LogP contribution in [-0.2, 0) is 14.3 Å². The fourth-order valence-electron chi connectivity index (χ4n) is 7.61. The van der Waals surface area contributed by atoms with Crippen LogP contribution >= 0.6 is 0 Å². The van der Waals surface area contributed by atoms with Crippen molar-refractivity contribution in [3.05, 3.63) is 71.8 Å². The molecule has 3 aliphatic rings. The number of carbonyl (C=O) groups excluding carboxylic acids is 2. The van der Waals surface area contributed by atoms with Gasteiger partial charge in [-0.05, 0) is 98.6 Å². The van der Waals surface area contributed by atoms with Crippen LogP contribution < -0.4 is 15.2 Å². The van der Waals surface area contributed by atoms with Crippen molar-refractivity contribution >= 4 is 17.3 Å². The number of aliphatic hydroxyl groups is 3. The first-order chi connectivity index (χ1) is 21.0. The van der Waals surface area contributed by atoms with Gasteiger partial charge in [0.05, 0.1) is 24.9 Å². The first-order valence-corrected chi connectivity index (χ1v) is 15.3. The van der Waals surface area contributed by atoms with Crippen LogP contribution in [0.1, 0.15) is 57.8 Å². The third kappa shape index (κ3) is 6.47. The second-order valence-electron chi connectivity index (χ2n) is 12.6. The first-order valence-electron chi connectivity index (χ1n) is 15.3. The number of methoxy groups -OCH3 is 1. The highest BCUT2D eigenvalue weighted by molar-refractivity contribution is 6.01. The van der Waals surface area contributed by atoms with Crippen molar-refractivity contribution in [2.45, 2.75) is 64.4 Å². The summed E-state index contributed by atoms with van der Waals surface area (Å²) in [6.07, 6.45) is 4.89. The molecule has 0 amide bonds. The lowest BCUT2D eigenvalue weighted by Crippen LogP contribution is -2.47. The summed E-state index contributed by atoms with van der Waals surface area (Å²) >= 11 is 0. The maximum atomic E-state index is 13.1. The number of nitrogens with two attached hydrogens (primary N) is 1. The third-order valence-electron chi connectivity index (χ3n) is 9.93. The number of hydrogen-bond acceptors (Lipinski definition) is 9. The molecule has 0 saturated heterocycles. The standard InChI is InChI=1S/C35H43NO8/c1-20-16-32(44-34(41)28-18-25(9-13-31(28)42-3)43-24-7-5-22(36)6-8-24)27(30(40)19-37)11-12-29(39)33-26(20)10-4-21-17-23(38)14-15-35(21,33)2/h5-9,13-15,17-18,20,26-27,29,32-34,37,39,41H,4,10-12,16,19,36H2,1-3H3/t20?,26-,27-,29-,32+,33?,34+,35-/m0/s1. The van der Waals surface area contributed by atoms with Crippen molar-refractivity contribution in [3.63, 3.8) is 0 Å². The van der Waals surface area contributed by atoms with E-state index in [0.717, 1.165) is 18.4 Å². The molecule has 236 valence electrons. The zero-order chi connectivity index (χ0) is 31.6. The molecule has 0 aliphatic heterocycles. The highest BCUT2D eigenvalue weighted by Gasteiger charge is 2.51. The van der Waals surface area contributed by atoms with Crippen molar-refractivity contribution in [2.24, 2.45) is 29.1 Å². The van der Waals surface area contributed by atoms with Crippen LogP contribution in [0.5, 0.6) is 17.2 Å². The molecule has 2 saturated carbocycles. The van der Waals surface area contributed by atoms with Gasteiger partial charge in [-0.15, -0.1) is 0 Å². The molecule has 2 aromatic rings. The molecule has 0 radical (unpaired) electrons. The van der Waals surface area contributed by atoms with Crippen LogP contribution in [0.3, 0.4) is 0 Å². The fourth-order valence-corrected chi connectivity index (χ4v) is 7.61. The Hall–Kier alpha value is -3.50. The maximum absolute atomic E-state index is 13.1. The van der Waals surface area contributed by atoms with Crippen molar-refractivity contribution in [1.82, 2.24) is 0 Å². The Kier molecular flexibility index (Phi) is 9.60. The van der Waals surface area contributed by atoms with E-state index >= 15 is 0 Å². The number of benzene rings is 2. The van der Waals surface area contributed by atoms with Crippen LogP contribution in [-0.4, -0.2) is 52.8 Å². The Balaban J connectivity index is 1.43. The van der Waals surface area contributed by atoms with E-state index in [-0.39, 0.29) is 30.0 Å². The summed E-state index contributed by atoms with van der Waals surface area (Å²) < 4.78 is 17.8. The molecule has 9 nitrogen and oxygen atoms in total. The molecule has 5 N–H and O–H groups in total. The Morgan fingerprint density at radius 2 is 1.84 bits per heavy atom. The molecule has 44 heavy (non-hydrogen) atoms. The zero-order valence-electron chi connectivity index (χ0n) is 25.5. The number of nitrogen functional groups attached to an aromatic ring is 1. The number of allylic oxidation sites excluding steroid dienone is 4. The maximum Gasteiger partial charge on any atom is 0.185 e. The number of ketones is 2. The smallest absolute Gasteiger partial charge is 0.185 e. The number of carbonyl (C=O) groups is 2. The quantitative estimate of drug-likeness (QED) is 0.243. The minimum Gasteiger partial charge on any atom is -0.496 e. The van der Waals surface area contributed by atoms with Gasteiger partial charge < -0.3 is 35.3 Å². The van der Waals surface area contributed by atoms with Gasteiger partial charge in [0.1, 0.15) is 23.9 Å². The minimum absolute atomic E-state index is 0.00502. The third-order valence-corrected chi connectivity index (χ3v) is 9.93. The number of hydrogen-bond donors (Lipinski definition) is 4. The average molecular weight is 606 g/mol. The summed E-state index contributed by atoms with van der Waals surface area (Å²) in [5.74, 6) is 0.169. The van der Waals surface area contributed by atoms with Gasteiger partial charge in [-0.3, -0.25) is 9.59 Å². The molecule has 9 heteroatoms. The number of fused-ring (bicyclic) bond motifs is 3. The number of ether oxygens (including phenoxy) is 3. The summed E-state index contributed by atoms with van der Waals surface area (Å²) in [5, 5.41) is 33.0. The largest absolute Gasteiger partial charge is 0.496 e. The van der Waals surface area contributed by atoms with Gasteiger partial charge in [0, 0.05) is 22.9 Å². The lowest BCUT2D eigenvalue weighted by atomic mass is 9.54. The van der Waals surface area contributed by atoms with E-state index in [4.69, 9.17) is 19.9 Å². The molecule has 3 aliphatic carbocycles. The number of anilines is 1. The molecule has 2 unspecified atom stereocenters. The van der Waals surface area contributed by atoms with Crippen molar-refractivity contribution < 1.29 is 39.1 Å². The summed E-state index contributed by atoms with van der Waals surface area (Å²) in [6, 6.07) is 12.0. The Bertz CT molecular complexity index is 1420. The predicted molar refractivity (Wildman–Crippen MR) is 165 cm³/mol. The van der Waals surface area contributed by atoms with Crippen molar-refractivity contribution in [1.29, 1.82) is 0 Å². The molecular weight excluding hydrogens is 562 g/mol. The van der Waals surface area contributed by atoms with Gasteiger partial charge >= 0.3 is 0 Å². The van der Waals surface area contributed by atoms with Gasteiger partial charge in [0.25, 0.3) is 0 Å². The molecule has 8 atom stereocenters.